The van der Waals surface area contributed by atoms with E-state index in [0.29, 0.717) is 5.82 Å². The molecule has 0 aliphatic heterocycles. The van der Waals surface area contributed by atoms with Crippen molar-refractivity contribution in [1.82, 2.24) is 14.9 Å². The smallest absolute Gasteiger partial charge is 0.287 e. The van der Waals surface area contributed by atoms with Crippen LogP contribution in [0.5, 0.6) is 0 Å². The van der Waals surface area contributed by atoms with Crippen LogP contribution in [-0.2, 0) is 11.3 Å². The van der Waals surface area contributed by atoms with Gasteiger partial charge < -0.3 is 20.0 Å². The first-order chi connectivity index (χ1) is 11.1. The summed E-state index contributed by atoms with van der Waals surface area (Å²) < 4.78 is 6.79. The lowest BCUT2D eigenvalue weighted by molar-refractivity contribution is -0.118. The van der Waals surface area contributed by atoms with E-state index in [-0.39, 0.29) is 18.2 Å². The molecule has 0 unspecified atom stereocenters. The van der Waals surface area contributed by atoms with Crippen LogP contribution in [0.1, 0.15) is 29.3 Å². The van der Waals surface area contributed by atoms with Crippen molar-refractivity contribution in [1.29, 1.82) is 0 Å². The lowest BCUT2D eigenvalue weighted by atomic mass is 10.3. The summed E-state index contributed by atoms with van der Waals surface area (Å²) in [6.07, 6.45) is 1.43. The number of fused-ring (bicyclic) bond motifs is 1. The number of carbonyl (C=O) groups is 2. The van der Waals surface area contributed by atoms with Crippen LogP contribution in [0.3, 0.4) is 0 Å². The lowest BCUT2D eigenvalue weighted by Crippen LogP contribution is -2.29. The van der Waals surface area contributed by atoms with Gasteiger partial charge in [0.1, 0.15) is 12.4 Å². The summed E-state index contributed by atoms with van der Waals surface area (Å²) in [6, 6.07) is 10.2. The van der Waals surface area contributed by atoms with Crippen molar-refractivity contribution < 1.29 is 14.0 Å². The van der Waals surface area contributed by atoms with Crippen molar-refractivity contribution >= 4 is 22.8 Å². The first kappa shape index (κ1) is 14.8. The first-order valence-electron chi connectivity index (χ1n) is 7.14. The van der Waals surface area contributed by atoms with Crippen LogP contribution in [0.15, 0.2) is 47.1 Å². The Morgan fingerprint density at radius 1 is 1.30 bits per heavy atom. The lowest BCUT2D eigenvalue weighted by Gasteiger charge is -2.14. The Balaban J connectivity index is 1.94. The maximum atomic E-state index is 12.1. The molecule has 0 spiro atoms. The number of amides is 2. The normalized spacial score (nSPS) is 12.2. The predicted octanol–water partition coefficient (Wildman–Crippen LogP) is 1.61. The molecule has 0 saturated heterocycles. The molecular formula is C16H16N4O3. The second-order valence-electron chi connectivity index (χ2n) is 5.18. The van der Waals surface area contributed by atoms with Gasteiger partial charge >= 0.3 is 0 Å². The molecule has 0 fully saturated rings. The van der Waals surface area contributed by atoms with Gasteiger partial charge in [0, 0.05) is 0 Å². The highest BCUT2D eigenvalue weighted by atomic mass is 16.3. The SMILES string of the molecule is C[C@@H](NC(=O)c1ccco1)c1nc2ccccc2n1CC(N)=O. The minimum absolute atomic E-state index is 0.00317. The summed E-state index contributed by atoms with van der Waals surface area (Å²) in [7, 11) is 0. The molecule has 7 nitrogen and oxygen atoms in total. The summed E-state index contributed by atoms with van der Waals surface area (Å²) in [6.45, 7) is 1.79. The highest BCUT2D eigenvalue weighted by Gasteiger charge is 2.20. The number of para-hydroxylation sites is 2. The molecule has 1 atom stereocenters. The number of benzene rings is 1. The van der Waals surface area contributed by atoms with Crippen molar-refractivity contribution in [2.75, 3.05) is 0 Å². The number of carbonyl (C=O) groups excluding carboxylic acids is 2. The average molecular weight is 312 g/mol. The number of hydrogen-bond acceptors (Lipinski definition) is 4. The number of furan rings is 1. The van der Waals surface area contributed by atoms with Crippen LogP contribution < -0.4 is 11.1 Å². The molecule has 3 rings (SSSR count). The fourth-order valence-corrected chi connectivity index (χ4v) is 2.49. The highest BCUT2D eigenvalue weighted by molar-refractivity contribution is 5.91. The maximum absolute atomic E-state index is 12.1. The molecule has 3 aromatic rings. The zero-order valence-electron chi connectivity index (χ0n) is 12.5. The summed E-state index contributed by atoms with van der Waals surface area (Å²) in [5.74, 6) is -0.0431. The monoisotopic (exact) mass is 312 g/mol. The Kier molecular flexibility index (Phi) is 3.84. The minimum atomic E-state index is -0.473. The average Bonchev–Trinajstić information content (AvgIpc) is 3.15. The van der Waals surface area contributed by atoms with Crippen LogP contribution in [0.25, 0.3) is 11.0 Å². The minimum Gasteiger partial charge on any atom is -0.459 e. The van der Waals surface area contributed by atoms with Crippen LogP contribution >= 0.6 is 0 Å². The number of rotatable bonds is 5. The zero-order valence-corrected chi connectivity index (χ0v) is 12.5. The molecule has 0 aliphatic carbocycles. The van der Waals surface area contributed by atoms with Crippen molar-refractivity contribution in [3.05, 3.63) is 54.2 Å². The van der Waals surface area contributed by atoms with Crippen LogP contribution in [0.4, 0.5) is 0 Å². The van der Waals surface area contributed by atoms with Gasteiger partial charge in [-0.15, -0.1) is 0 Å². The Labute approximate surface area is 132 Å². The van der Waals surface area contributed by atoms with Gasteiger partial charge in [-0.3, -0.25) is 9.59 Å². The van der Waals surface area contributed by atoms with Gasteiger partial charge in [0.05, 0.1) is 23.3 Å². The molecule has 0 aliphatic rings. The van der Waals surface area contributed by atoms with E-state index in [0.717, 1.165) is 11.0 Å². The van der Waals surface area contributed by atoms with Gasteiger partial charge in [0.25, 0.3) is 5.91 Å². The Morgan fingerprint density at radius 3 is 2.78 bits per heavy atom. The molecule has 118 valence electrons. The summed E-state index contributed by atoms with van der Waals surface area (Å²) in [4.78, 5) is 28.0. The molecule has 23 heavy (non-hydrogen) atoms. The molecule has 1 aromatic carbocycles. The third kappa shape index (κ3) is 2.94. The van der Waals surface area contributed by atoms with E-state index >= 15 is 0 Å². The molecule has 0 saturated carbocycles. The largest absolute Gasteiger partial charge is 0.459 e. The van der Waals surface area contributed by atoms with Crippen molar-refractivity contribution in [3.63, 3.8) is 0 Å². The number of aromatic nitrogens is 2. The highest BCUT2D eigenvalue weighted by Crippen LogP contribution is 2.21. The zero-order chi connectivity index (χ0) is 16.4. The van der Waals surface area contributed by atoms with Gasteiger partial charge in [-0.05, 0) is 31.2 Å². The van der Waals surface area contributed by atoms with Crippen molar-refractivity contribution in [2.24, 2.45) is 5.73 Å². The van der Waals surface area contributed by atoms with Crippen LogP contribution in [0, 0.1) is 0 Å². The van der Waals surface area contributed by atoms with E-state index in [1.807, 2.05) is 24.3 Å². The summed E-state index contributed by atoms with van der Waals surface area (Å²) in [5, 5.41) is 2.81. The molecule has 0 bridgehead atoms. The number of hydrogen-bond donors (Lipinski definition) is 2. The van der Waals surface area contributed by atoms with E-state index in [9.17, 15) is 9.59 Å². The van der Waals surface area contributed by atoms with Gasteiger partial charge in [-0.25, -0.2) is 4.98 Å². The quantitative estimate of drug-likeness (QED) is 0.747. The second kappa shape index (κ2) is 5.96. The number of nitrogens with zero attached hydrogens (tertiary/aromatic N) is 2. The van der Waals surface area contributed by atoms with E-state index in [2.05, 4.69) is 10.3 Å². The molecule has 2 aromatic heterocycles. The van der Waals surface area contributed by atoms with Crippen molar-refractivity contribution in [2.45, 2.75) is 19.5 Å². The maximum Gasteiger partial charge on any atom is 0.287 e. The molecular weight excluding hydrogens is 296 g/mol. The van der Waals surface area contributed by atoms with Gasteiger partial charge in [0.15, 0.2) is 5.76 Å². The third-order valence-corrected chi connectivity index (χ3v) is 3.48. The second-order valence-corrected chi connectivity index (χ2v) is 5.18. The molecule has 2 heterocycles. The molecule has 7 heteroatoms. The Bertz CT molecular complexity index is 851. The van der Waals surface area contributed by atoms with E-state index in [1.165, 1.54) is 6.26 Å². The van der Waals surface area contributed by atoms with Crippen molar-refractivity contribution in [3.8, 4) is 0 Å². The topological polar surface area (TPSA) is 103 Å². The third-order valence-electron chi connectivity index (χ3n) is 3.48. The fraction of sp³-hybridized carbons (Fsp3) is 0.188. The fourth-order valence-electron chi connectivity index (χ4n) is 2.49. The summed E-state index contributed by atoms with van der Waals surface area (Å²) in [5.41, 5.74) is 6.86. The summed E-state index contributed by atoms with van der Waals surface area (Å²) >= 11 is 0. The molecule has 2 amide bonds. The first-order valence-corrected chi connectivity index (χ1v) is 7.14. The van der Waals surface area contributed by atoms with Crippen LogP contribution in [-0.4, -0.2) is 21.4 Å². The van der Waals surface area contributed by atoms with E-state index in [4.69, 9.17) is 10.2 Å². The number of imidazole rings is 1. The van der Waals surface area contributed by atoms with E-state index < -0.39 is 11.9 Å². The number of nitrogens with one attached hydrogen (secondary N) is 1. The predicted molar refractivity (Wildman–Crippen MR) is 83.5 cm³/mol. The standard InChI is InChI=1S/C16H16N4O3/c1-10(18-16(22)13-7-4-8-23-13)15-19-11-5-2-3-6-12(11)20(15)9-14(17)21/h2-8,10H,9H2,1H3,(H2,17,21)(H,18,22)/t10-/m1/s1. The number of primary amides is 1. The van der Waals surface area contributed by atoms with Gasteiger partial charge in [0.2, 0.25) is 5.91 Å². The van der Waals surface area contributed by atoms with Gasteiger partial charge in [-0.2, -0.15) is 0 Å². The van der Waals surface area contributed by atoms with Crippen LogP contribution in [0.2, 0.25) is 0 Å². The Hall–Kier alpha value is -3.09. The number of nitrogens with two attached hydrogens (primary N) is 1. The molecule has 0 radical (unpaired) electrons. The Morgan fingerprint density at radius 2 is 2.09 bits per heavy atom. The molecule has 3 N–H and O–H groups in total. The van der Waals surface area contributed by atoms with Gasteiger partial charge in [-0.1, -0.05) is 12.1 Å². The van der Waals surface area contributed by atoms with E-state index in [1.54, 1.807) is 23.6 Å².